The Bertz CT molecular complexity index is 278. The van der Waals surface area contributed by atoms with Crippen molar-refractivity contribution in [2.45, 2.75) is 24.5 Å². The fourth-order valence-electron chi connectivity index (χ4n) is 1.04. The predicted octanol–water partition coefficient (Wildman–Crippen LogP) is 2.27. The van der Waals surface area contributed by atoms with E-state index in [4.69, 9.17) is 10.5 Å². The molecule has 14 heavy (non-hydrogen) atoms. The van der Waals surface area contributed by atoms with E-state index < -0.39 is 0 Å². The molecule has 0 bridgehead atoms. The quantitative estimate of drug-likeness (QED) is 0.759. The third-order valence-electron chi connectivity index (χ3n) is 2.02. The van der Waals surface area contributed by atoms with Crippen LogP contribution < -0.4 is 5.73 Å². The minimum Gasteiger partial charge on any atom is -0.381 e. The van der Waals surface area contributed by atoms with Crippen molar-refractivity contribution in [2.24, 2.45) is 5.73 Å². The van der Waals surface area contributed by atoms with Crippen molar-refractivity contribution in [3.05, 3.63) is 29.8 Å². The van der Waals surface area contributed by atoms with E-state index in [-0.39, 0.29) is 0 Å². The summed E-state index contributed by atoms with van der Waals surface area (Å²) < 4.78 is 5.18. The van der Waals surface area contributed by atoms with Crippen LogP contribution in [0.2, 0.25) is 0 Å². The van der Waals surface area contributed by atoms with Gasteiger partial charge in [-0.05, 0) is 24.6 Å². The Morgan fingerprint density at radius 1 is 1.50 bits per heavy atom. The molecule has 0 saturated carbocycles. The molecule has 2 N–H and O–H groups in total. The SMILES string of the molecule is COC(C)CSc1cccc(CN)c1. The molecule has 0 radical (unpaired) electrons. The molecule has 78 valence electrons. The normalized spacial score (nSPS) is 12.8. The van der Waals surface area contributed by atoms with Crippen LogP contribution in [0.3, 0.4) is 0 Å². The molecular weight excluding hydrogens is 194 g/mol. The highest BCUT2D eigenvalue weighted by Gasteiger charge is 2.01. The summed E-state index contributed by atoms with van der Waals surface area (Å²) in [4.78, 5) is 1.26. The third kappa shape index (κ3) is 3.70. The molecule has 0 amide bonds. The molecular formula is C11H17NOS. The molecule has 1 atom stereocenters. The van der Waals surface area contributed by atoms with Gasteiger partial charge in [-0.3, -0.25) is 0 Å². The summed E-state index contributed by atoms with van der Waals surface area (Å²) in [5.74, 6) is 0.977. The lowest BCUT2D eigenvalue weighted by molar-refractivity contribution is 0.138. The molecule has 1 aromatic rings. The summed E-state index contributed by atoms with van der Waals surface area (Å²) in [6.45, 7) is 2.67. The summed E-state index contributed by atoms with van der Waals surface area (Å²) in [5, 5.41) is 0. The molecule has 0 fully saturated rings. The first-order valence-corrected chi connectivity index (χ1v) is 5.69. The molecule has 1 unspecified atom stereocenters. The minimum atomic E-state index is 0.293. The number of nitrogens with two attached hydrogens (primary N) is 1. The zero-order valence-electron chi connectivity index (χ0n) is 8.69. The smallest absolute Gasteiger partial charge is 0.0637 e. The van der Waals surface area contributed by atoms with Crippen molar-refractivity contribution in [1.29, 1.82) is 0 Å². The summed E-state index contributed by atoms with van der Waals surface area (Å²) >= 11 is 1.80. The van der Waals surface area contributed by atoms with Crippen molar-refractivity contribution in [1.82, 2.24) is 0 Å². The van der Waals surface area contributed by atoms with Crippen LogP contribution in [0.4, 0.5) is 0 Å². The summed E-state index contributed by atoms with van der Waals surface area (Å²) in [6.07, 6.45) is 0.293. The van der Waals surface area contributed by atoms with Gasteiger partial charge in [0.2, 0.25) is 0 Å². The second kappa shape index (κ2) is 6.06. The lowest BCUT2D eigenvalue weighted by Crippen LogP contribution is -2.07. The molecule has 0 spiro atoms. The molecule has 3 heteroatoms. The number of ether oxygens (including phenoxy) is 1. The van der Waals surface area contributed by atoms with Gasteiger partial charge < -0.3 is 10.5 Å². The number of hydrogen-bond donors (Lipinski definition) is 1. The first-order chi connectivity index (χ1) is 6.76. The van der Waals surface area contributed by atoms with Gasteiger partial charge in [0.1, 0.15) is 0 Å². The van der Waals surface area contributed by atoms with Crippen LogP contribution in [0.5, 0.6) is 0 Å². The molecule has 1 aromatic carbocycles. The first kappa shape index (κ1) is 11.6. The van der Waals surface area contributed by atoms with E-state index in [0.29, 0.717) is 12.6 Å². The largest absolute Gasteiger partial charge is 0.381 e. The van der Waals surface area contributed by atoms with Crippen molar-refractivity contribution < 1.29 is 4.74 Å². The van der Waals surface area contributed by atoms with E-state index in [2.05, 4.69) is 19.1 Å². The van der Waals surface area contributed by atoms with Crippen molar-refractivity contribution in [3.63, 3.8) is 0 Å². The van der Waals surface area contributed by atoms with Crippen LogP contribution in [0.25, 0.3) is 0 Å². The van der Waals surface area contributed by atoms with Crippen LogP contribution in [0.15, 0.2) is 29.2 Å². The number of methoxy groups -OCH3 is 1. The monoisotopic (exact) mass is 211 g/mol. The standard InChI is InChI=1S/C11H17NOS/c1-9(13-2)8-14-11-5-3-4-10(6-11)7-12/h3-6,9H,7-8,12H2,1-2H3. The Hall–Kier alpha value is -0.510. The Balaban J connectivity index is 2.50. The lowest BCUT2D eigenvalue weighted by Gasteiger charge is -2.09. The summed E-state index contributed by atoms with van der Waals surface area (Å²) in [7, 11) is 1.74. The van der Waals surface area contributed by atoms with E-state index in [1.807, 2.05) is 12.1 Å². The minimum absolute atomic E-state index is 0.293. The molecule has 0 aliphatic heterocycles. The van der Waals surface area contributed by atoms with E-state index in [0.717, 1.165) is 5.75 Å². The van der Waals surface area contributed by atoms with Gasteiger partial charge in [-0.15, -0.1) is 11.8 Å². The van der Waals surface area contributed by atoms with Gasteiger partial charge in [0.25, 0.3) is 0 Å². The van der Waals surface area contributed by atoms with Crippen LogP contribution in [0, 0.1) is 0 Å². The van der Waals surface area contributed by atoms with Gasteiger partial charge in [0, 0.05) is 24.3 Å². The Labute approximate surface area is 89.8 Å². The molecule has 0 aromatic heterocycles. The average Bonchev–Trinajstić information content (AvgIpc) is 2.26. The fraction of sp³-hybridized carbons (Fsp3) is 0.455. The lowest BCUT2D eigenvalue weighted by atomic mass is 10.2. The molecule has 0 aliphatic carbocycles. The van der Waals surface area contributed by atoms with Crippen molar-refractivity contribution in [2.75, 3.05) is 12.9 Å². The zero-order valence-corrected chi connectivity index (χ0v) is 9.51. The number of hydrogen-bond acceptors (Lipinski definition) is 3. The number of thioether (sulfide) groups is 1. The van der Waals surface area contributed by atoms with E-state index in [1.165, 1.54) is 10.5 Å². The van der Waals surface area contributed by atoms with Crippen LogP contribution in [0.1, 0.15) is 12.5 Å². The van der Waals surface area contributed by atoms with Gasteiger partial charge >= 0.3 is 0 Å². The summed E-state index contributed by atoms with van der Waals surface area (Å²) in [6, 6.07) is 8.32. The highest BCUT2D eigenvalue weighted by Crippen LogP contribution is 2.20. The number of benzene rings is 1. The molecule has 2 nitrogen and oxygen atoms in total. The highest BCUT2D eigenvalue weighted by atomic mass is 32.2. The van der Waals surface area contributed by atoms with Gasteiger partial charge in [0.05, 0.1) is 6.10 Å². The van der Waals surface area contributed by atoms with E-state index in [9.17, 15) is 0 Å². The first-order valence-electron chi connectivity index (χ1n) is 4.71. The highest BCUT2D eigenvalue weighted by molar-refractivity contribution is 7.99. The van der Waals surface area contributed by atoms with E-state index in [1.54, 1.807) is 18.9 Å². The van der Waals surface area contributed by atoms with Crippen LogP contribution >= 0.6 is 11.8 Å². The van der Waals surface area contributed by atoms with Crippen LogP contribution in [-0.2, 0) is 11.3 Å². The van der Waals surface area contributed by atoms with Gasteiger partial charge in [0.15, 0.2) is 0 Å². The predicted molar refractivity (Wildman–Crippen MR) is 61.5 cm³/mol. The maximum Gasteiger partial charge on any atom is 0.0637 e. The summed E-state index contributed by atoms with van der Waals surface area (Å²) in [5.41, 5.74) is 6.75. The Kier molecular flexibility index (Phi) is 5.01. The topological polar surface area (TPSA) is 35.2 Å². The molecule has 0 aliphatic rings. The second-order valence-electron chi connectivity index (χ2n) is 3.21. The Morgan fingerprint density at radius 3 is 2.93 bits per heavy atom. The van der Waals surface area contributed by atoms with Crippen molar-refractivity contribution in [3.8, 4) is 0 Å². The maximum absolute atomic E-state index is 5.57. The average molecular weight is 211 g/mol. The van der Waals surface area contributed by atoms with Gasteiger partial charge in [-0.25, -0.2) is 0 Å². The molecule has 0 heterocycles. The molecule has 1 rings (SSSR count). The van der Waals surface area contributed by atoms with Crippen LogP contribution in [-0.4, -0.2) is 19.0 Å². The second-order valence-corrected chi connectivity index (χ2v) is 4.30. The fourth-order valence-corrected chi connectivity index (χ4v) is 2.02. The number of rotatable bonds is 5. The Morgan fingerprint density at radius 2 is 2.29 bits per heavy atom. The maximum atomic E-state index is 5.57. The van der Waals surface area contributed by atoms with E-state index >= 15 is 0 Å². The van der Waals surface area contributed by atoms with Gasteiger partial charge in [-0.1, -0.05) is 12.1 Å². The van der Waals surface area contributed by atoms with Crippen molar-refractivity contribution >= 4 is 11.8 Å². The molecule has 0 saturated heterocycles. The zero-order chi connectivity index (χ0) is 10.4. The third-order valence-corrected chi connectivity index (χ3v) is 3.24. The van der Waals surface area contributed by atoms with Gasteiger partial charge in [-0.2, -0.15) is 0 Å².